The summed E-state index contributed by atoms with van der Waals surface area (Å²) < 4.78 is 69.9. The predicted octanol–water partition coefficient (Wildman–Crippen LogP) is 2.20. The number of fused-ring (bicyclic) bond motifs is 18. The molecule has 0 saturated carbocycles. The summed E-state index contributed by atoms with van der Waals surface area (Å²) in [6.45, 7) is 0. The quantitative estimate of drug-likeness (QED) is 0.0735. The molecular formula is C52H36InN8Na2O11S2. The SMILES string of the molecule is COc1c2ccccc2c(OC)c2c3[n]4c(c12)N=C1N=C(N=c2c5c(OC)c6ccccc6c(OC)c5c([n]2[In]4)=NC2=NC(=N3)c3cc4cc(S(=O)(=O)O)ccc4cc32)c2cc3cc(SOOO)ccc3cc21.O.[H-].[H-].[Na+].[Na+]. The third kappa shape index (κ3) is 7.72. The van der Waals surface area contributed by atoms with Gasteiger partial charge in [0.15, 0.2) is 0 Å². The van der Waals surface area contributed by atoms with Crippen molar-refractivity contribution in [3.63, 3.8) is 0 Å². The van der Waals surface area contributed by atoms with Gasteiger partial charge in [-0.2, -0.15) is 0 Å². The fraction of sp³-hybridized carbons (Fsp3) is 0.0769. The number of aromatic nitrogens is 2. The van der Waals surface area contributed by atoms with E-state index in [0.29, 0.717) is 123 Å². The van der Waals surface area contributed by atoms with E-state index in [0.717, 1.165) is 49.9 Å². The third-order valence-electron chi connectivity index (χ3n) is 13.7. The van der Waals surface area contributed by atoms with Gasteiger partial charge >= 0.3 is 484 Å². The van der Waals surface area contributed by atoms with Gasteiger partial charge in [0.2, 0.25) is 0 Å². The van der Waals surface area contributed by atoms with Crippen LogP contribution in [0.4, 0.5) is 11.6 Å². The van der Waals surface area contributed by atoms with Gasteiger partial charge in [0.05, 0.1) is 0 Å². The molecule has 6 heterocycles. The van der Waals surface area contributed by atoms with E-state index >= 15 is 0 Å². The first kappa shape index (κ1) is 52.4. The molecule has 0 unspecified atom stereocenters. The molecule has 0 amide bonds. The minimum absolute atomic E-state index is 0. The summed E-state index contributed by atoms with van der Waals surface area (Å²) in [6.07, 6.45) is 0. The summed E-state index contributed by atoms with van der Waals surface area (Å²) in [6, 6.07) is 33.6. The minimum atomic E-state index is -4.54. The monoisotopic (exact) mass is 1170 g/mol. The van der Waals surface area contributed by atoms with Crippen molar-refractivity contribution in [2.75, 3.05) is 28.4 Å². The standard InChI is InChI=1S/C52H32N8O10S2.In.2Na.H2O.2H/c1-65-41-29-9-5-7-11-31(29)43(67-3)39-37(41)50-56-46-34-20-24-14-16-28(72(62,63)64)18-26(24)22-36(34)48(54-46)58-52-40-38(42(66-2)30-10-6-8-12-32(30)44(40)68-4)49(60-52)55-45-33-19-23-13-15-27(71-70-69-61)17-25(23)21-35(33)47(53-45)57-51(39)59-50;;;;;;/h5-22H,1-4H3,(H2-2,53,54,55,56,57,58,59,60,61,62,63,64);;;;1H2;;/q-2;+2;2*+1;;2*-1. The smallest absolute Gasteiger partial charge is 1.00 e. The fourth-order valence-corrected chi connectivity index (χ4v) is 15.6. The van der Waals surface area contributed by atoms with Crippen molar-refractivity contribution in [3.8, 4) is 23.0 Å². The number of methoxy groups -OCH3 is 4. The fourth-order valence-electron chi connectivity index (χ4n) is 10.7. The summed E-state index contributed by atoms with van der Waals surface area (Å²) in [5.41, 5.74) is 3.64. The number of hydrogen-bond donors (Lipinski definition) is 2. The van der Waals surface area contributed by atoms with E-state index in [4.69, 9.17) is 58.5 Å². The van der Waals surface area contributed by atoms with Gasteiger partial charge < -0.3 is 8.33 Å². The van der Waals surface area contributed by atoms with Gasteiger partial charge in [-0.25, -0.2) is 5.26 Å². The molecule has 10 aromatic rings. The van der Waals surface area contributed by atoms with E-state index in [-0.39, 0.29) is 72.3 Å². The minimum Gasteiger partial charge on any atom is -1.00 e. The van der Waals surface area contributed by atoms with E-state index in [1.165, 1.54) is 12.1 Å². The summed E-state index contributed by atoms with van der Waals surface area (Å²) in [7, 11) is 2.00. The summed E-state index contributed by atoms with van der Waals surface area (Å²) in [5, 5.41) is 21.4. The Kier molecular flexibility index (Phi) is 13.5. The van der Waals surface area contributed by atoms with E-state index in [9.17, 15) is 13.0 Å². The van der Waals surface area contributed by atoms with Gasteiger partial charge in [-0.05, 0) is 0 Å². The molecule has 0 spiro atoms. The van der Waals surface area contributed by atoms with Crippen LogP contribution in [0.5, 0.6) is 23.0 Å². The van der Waals surface area contributed by atoms with Crippen molar-refractivity contribution in [1.29, 1.82) is 0 Å². The topological polar surface area (TPSA) is 245 Å². The maximum atomic E-state index is 12.4. The molecule has 0 fully saturated rings. The zero-order valence-electron chi connectivity index (χ0n) is 43.0. The van der Waals surface area contributed by atoms with Gasteiger partial charge in [0, 0.05) is 0 Å². The van der Waals surface area contributed by atoms with Crippen molar-refractivity contribution < 1.29 is 114 Å². The van der Waals surface area contributed by atoms with Crippen LogP contribution >= 0.6 is 12.0 Å². The number of amidine groups is 4. The van der Waals surface area contributed by atoms with Crippen molar-refractivity contribution in [1.82, 2.24) is 5.11 Å². The first-order chi connectivity index (χ1) is 35.6. The molecule has 19 nitrogen and oxygen atoms in total. The molecule has 367 valence electrons. The number of aliphatic imine (C=N–C) groups is 4. The summed E-state index contributed by atoms with van der Waals surface area (Å²) >= 11 is -1.92. The van der Waals surface area contributed by atoms with Gasteiger partial charge in [0.1, 0.15) is 0 Å². The molecule has 0 saturated heterocycles. The first-order valence-corrected chi connectivity index (χ1v) is 27.6. The van der Waals surface area contributed by atoms with Crippen molar-refractivity contribution >= 4 is 145 Å². The average molecular weight is 1170 g/mol. The molecule has 24 heteroatoms. The number of rotatable bonds is 8. The summed E-state index contributed by atoms with van der Waals surface area (Å²) in [5.74, 6) is 4.58. The molecule has 4 aliphatic rings. The van der Waals surface area contributed by atoms with Crippen LogP contribution in [-0.2, 0) is 19.5 Å². The maximum absolute atomic E-state index is 12.4. The number of nitrogens with zero attached hydrogens (tertiary/aromatic N) is 8. The Hall–Kier alpha value is -5.67. The zero-order chi connectivity index (χ0) is 49.6. The maximum Gasteiger partial charge on any atom is 1.00 e. The Bertz CT molecular complexity index is 4650. The average Bonchev–Trinajstić information content (AvgIpc) is 4.20. The van der Waals surface area contributed by atoms with Crippen LogP contribution in [0.2, 0.25) is 0 Å². The Morgan fingerprint density at radius 3 is 1.36 bits per heavy atom. The van der Waals surface area contributed by atoms with E-state index in [1.54, 1.807) is 34.5 Å². The van der Waals surface area contributed by atoms with Crippen LogP contribution in [0, 0.1) is 0 Å². The largest absolute Gasteiger partial charge is 1.00 e. The molecule has 0 aliphatic carbocycles. The second-order valence-electron chi connectivity index (χ2n) is 17.4. The van der Waals surface area contributed by atoms with Gasteiger partial charge in [0.25, 0.3) is 0 Å². The molecule has 2 aromatic heterocycles. The summed E-state index contributed by atoms with van der Waals surface area (Å²) in [4.78, 5) is 33.2. The van der Waals surface area contributed by atoms with Crippen LogP contribution < -0.4 is 89.0 Å². The number of hydrogen-bond acceptors (Lipinski definition) is 16. The van der Waals surface area contributed by atoms with Crippen molar-refractivity contribution in [2.24, 2.45) is 30.0 Å². The number of ether oxygens (including phenoxy) is 4. The van der Waals surface area contributed by atoms with Gasteiger partial charge in [-0.1, -0.05) is 0 Å². The van der Waals surface area contributed by atoms with Crippen molar-refractivity contribution in [2.45, 2.75) is 9.79 Å². The zero-order valence-corrected chi connectivity index (χ0v) is 50.0. The van der Waals surface area contributed by atoms with E-state index < -0.39 is 33.6 Å². The van der Waals surface area contributed by atoms with E-state index in [1.807, 2.05) is 91.0 Å². The molecule has 14 rings (SSSR count). The van der Waals surface area contributed by atoms with Crippen LogP contribution in [0.1, 0.15) is 25.1 Å². The molecule has 76 heavy (non-hydrogen) atoms. The van der Waals surface area contributed by atoms with Crippen LogP contribution in [0.25, 0.3) is 64.6 Å². The molecule has 6 bridgehead atoms. The molecule has 0 atom stereocenters. The van der Waals surface area contributed by atoms with E-state index in [2.05, 4.69) is 10.1 Å². The van der Waals surface area contributed by atoms with Crippen LogP contribution in [0.15, 0.2) is 149 Å². The van der Waals surface area contributed by atoms with Crippen molar-refractivity contribution in [3.05, 3.63) is 142 Å². The molecular weight excluding hydrogens is 1140 g/mol. The predicted molar refractivity (Wildman–Crippen MR) is 284 cm³/mol. The molecule has 4 N–H and O–H groups in total. The third-order valence-corrected chi connectivity index (χ3v) is 19.2. The molecule has 8 aromatic carbocycles. The Morgan fingerprint density at radius 2 is 0.921 bits per heavy atom. The van der Waals surface area contributed by atoms with Crippen LogP contribution in [0.3, 0.4) is 0 Å². The van der Waals surface area contributed by atoms with Gasteiger partial charge in [-0.3, -0.25) is 0 Å². The normalized spacial score (nSPS) is 13.7. The second kappa shape index (κ2) is 19.7. The molecule has 4 aliphatic heterocycles. The number of benzene rings is 8. The van der Waals surface area contributed by atoms with Gasteiger partial charge in [-0.15, -0.1) is 0 Å². The molecule has 1 radical (unpaired) electrons. The second-order valence-corrected chi connectivity index (χ2v) is 23.2. The Balaban J connectivity index is 0.00000148. The first-order valence-electron chi connectivity index (χ1n) is 22.4. The van der Waals surface area contributed by atoms with Crippen LogP contribution in [-0.4, -0.2) is 104 Å². The Labute approximate surface area is 493 Å². The Morgan fingerprint density at radius 1 is 0.513 bits per heavy atom.